The molecule has 1 aliphatic heterocycles. The van der Waals surface area contributed by atoms with Crippen molar-refractivity contribution in [3.8, 4) is 10.8 Å². The van der Waals surface area contributed by atoms with Crippen molar-refractivity contribution in [2.75, 3.05) is 13.1 Å². The number of piperidine rings is 1. The van der Waals surface area contributed by atoms with Crippen LogP contribution in [0, 0.1) is 5.92 Å². The SMILES string of the molecule is CC1CCC(CN)CN1Cc1nnc(-c2cccs2)o1. The minimum Gasteiger partial charge on any atom is -0.419 e. The first-order chi connectivity index (χ1) is 9.76. The van der Waals surface area contributed by atoms with Crippen LogP contribution in [-0.2, 0) is 6.54 Å². The van der Waals surface area contributed by atoms with Crippen LogP contribution < -0.4 is 5.73 Å². The monoisotopic (exact) mass is 292 g/mol. The van der Waals surface area contributed by atoms with Crippen molar-refractivity contribution in [3.63, 3.8) is 0 Å². The summed E-state index contributed by atoms with van der Waals surface area (Å²) in [4.78, 5) is 3.42. The maximum Gasteiger partial charge on any atom is 0.257 e. The van der Waals surface area contributed by atoms with Gasteiger partial charge in [0.25, 0.3) is 5.89 Å². The van der Waals surface area contributed by atoms with Gasteiger partial charge in [-0.05, 0) is 43.7 Å². The molecule has 0 amide bonds. The second-order valence-electron chi connectivity index (χ2n) is 5.44. The van der Waals surface area contributed by atoms with Gasteiger partial charge in [-0.3, -0.25) is 4.90 Å². The standard InChI is InChI=1S/C14H20N4OS/c1-10-4-5-11(7-15)8-18(10)9-13-16-17-14(19-13)12-3-2-6-20-12/h2-3,6,10-11H,4-5,7-9,15H2,1H3. The Kier molecular flexibility index (Phi) is 4.14. The summed E-state index contributed by atoms with van der Waals surface area (Å²) in [6, 6.07) is 4.54. The molecule has 1 saturated heterocycles. The normalized spacial score (nSPS) is 24.1. The lowest BCUT2D eigenvalue weighted by molar-refractivity contribution is 0.103. The van der Waals surface area contributed by atoms with Gasteiger partial charge in [0, 0.05) is 12.6 Å². The van der Waals surface area contributed by atoms with E-state index in [0.29, 0.717) is 23.7 Å². The second kappa shape index (κ2) is 6.03. The van der Waals surface area contributed by atoms with E-state index in [2.05, 4.69) is 22.0 Å². The number of nitrogens with zero attached hydrogens (tertiary/aromatic N) is 3. The molecule has 0 radical (unpaired) electrons. The van der Waals surface area contributed by atoms with Crippen LogP contribution in [0.5, 0.6) is 0 Å². The van der Waals surface area contributed by atoms with Crippen molar-refractivity contribution in [1.82, 2.24) is 15.1 Å². The Morgan fingerprint density at radius 1 is 1.45 bits per heavy atom. The molecule has 0 saturated carbocycles. The summed E-state index contributed by atoms with van der Waals surface area (Å²) in [5.41, 5.74) is 5.80. The molecule has 1 aliphatic rings. The van der Waals surface area contributed by atoms with Crippen molar-refractivity contribution in [1.29, 1.82) is 0 Å². The Balaban J connectivity index is 1.68. The third kappa shape index (κ3) is 2.92. The van der Waals surface area contributed by atoms with Gasteiger partial charge in [0.05, 0.1) is 11.4 Å². The Hall–Kier alpha value is -1.24. The van der Waals surface area contributed by atoms with Crippen LogP contribution in [0.1, 0.15) is 25.7 Å². The number of likely N-dealkylation sites (tertiary alicyclic amines) is 1. The van der Waals surface area contributed by atoms with E-state index in [1.54, 1.807) is 11.3 Å². The second-order valence-corrected chi connectivity index (χ2v) is 6.38. The van der Waals surface area contributed by atoms with Gasteiger partial charge in [0.1, 0.15) is 0 Å². The van der Waals surface area contributed by atoms with Gasteiger partial charge in [0.2, 0.25) is 5.89 Å². The fourth-order valence-corrected chi connectivity index (χ4v) is 3.31. The summed E-state index contributed by atoms with van der Waals surface area (Å²) < 4.78 is 5.76. The first kappa shape index (κ1) is 13.7. The largest absolute Gasteiger partial charge is 0.419 e. The molecule has 5 nitrogen and oxygen atoms in total. The third-order valence-corrected chi connectivity index (χ3v) is 4.84. The maximum absolute atomic E-state index is 5.80. The molecule has 0 aromatic carbocycles. The van der Waals surface area contributed by atoms with Crippen LogP contribution in [0.4, 0.5) is 0 Å². The molecule has 2 atom stereocenters. The first-order valence-corrected chi connectivity index (χ1v) is 7.94. The van der Waals surface area contributed by atoms with Crippen LogP contribution in [0.25, 0.3) is 10.8 Å². The smallest absolute Gasteiger partial charge is 0.257 e. The van der Waals surface area contributed by atoms with E-state index < -0.39 is 0 Å². The molecule has 2 N–H and O–H groups in total. The molecule has 2 aromatic heterocycles. The van der Waals surface area contributed by atoms with Crippen molar-refractivity contribution in [3.05, 3.63) is 23.4 Å². The lowest BCUT2D eigenvalue weighted by Crippen LogP contribution is -2.43. The fourth-order valence-electron chi connectivity index (χ4n) is 2.67. The molecule has 0 bridgehead atoms. The van der Waals surface area contributed by atoms with Gasteiger partial charge >= 0.3 is 0 Å². The predicted molar refractivity (Wildman–Crippen MR) is 79.3 cm³/mol. The van der Waals surface area contributed by atoms with Crippen LogP contribution in [0.2, 0.25) is 0 Å². The van der Waals surface area contributed by atoms with Crippen molar-refractivity contribution >= 4 is 11.3 Å². The molecule has 1 fully saturated rings. The summed E-state index contributed by atoms with van der Waals surface area (Å²) in [5, 5.41) is 10.3. The lowest BCUT2D eigenvalue weighted by Gasteiger charge is -2.36. The molecule has 3 heterocycles. The van der Waals surface area contributed by atoms with Crippen molar-refractivity contribution in [2.45, 2.75) is 32.4 Å². The van der Waals surface area contributed by atoms with E-state index in [1.165, 1.54) is 12.8 Å². The van der Waals surface area contributed by atoms with Gasteiger partial charge in [-0.2, -0.15) is 0 Å². The zero-order valence-electron chi connectivity index (χ0n) is 11.7. The number of hydrogen-bond acceptors (Lipinski definition) is 6. The zero-order chi connectivity index (χ0) is 13.9. The number of rotatable bonds is 4. The average Bonchev–Trinajstić information content (AvgIpc) is 3.12. The fraction of sp³-hybridized carbons (Fsp3) is 0.571. The van der Waals surface area contributed by atoms with E-state index in [4.69, 9.17) is 10.2 Å². The Bertz CT molecular complexity index is 539. The predicted octanol–water partition coefficient (Wildman–Crippen LogP) is 2.36. The van der Waals surface area contributed by atoms with Crippen LogP contribution in [0.15, 0.2) is 21.9 Å². The minimum absolute atomic E-state index is 0.551. The molecule has 108 valence electrons. The van der Waals surface area contributed by atoms with Crippen LogP contribution in [0.3, 0.4) is 0 Å². The van der Waals surface area contributed by atoms with Gasteiger partial charge < -0.3 is 10.2 Å². The van der Waals surface area contributed by atoms with Crippen LogP contribution >= 0.6 is 11.3 Å². The third-order valence-electron chi connectivity index (χ3n) is 3.98. The number of aromatic nitrogens is 2. The number of thiophene rings is 1. The number of nitrogens with two attached hydrogens (primary N) is 1. The highest BCUT2D eigenvalue weighted by Crippen LogP contribution is 2.25. The summed E-state index contributed by atoms with van der Waals surface area (Å²) in [6.07, 6.45) is 2.41. The van der Waals surface area contributed by atoms with E-state index in [9.17, 15) is 0 Å². The molecule has 6 heteroatoms. The molecule has 20 heavy (non-hydrogen) atoms. The molecule has 0 aliphatic carbocycles. The van der Waals surface area contributed by atoms with E-state index in [1.807, 2.05) is 17.5 Å². The van der Waals surface area contributed by atoms with Gasteiger partial charge in [-0.25, -0.2) is 0 Å². The topological polar surface area (TPSA) is 68.2 Å². The van der Waals surface area contributed by atoms with E-state index >= 15 is 0 Å². The molecule has 0 spiro atoms. The summed E-state index contributed by atoms with van der Waals surface area (Å²) in [7, 11) is 0. The maximum atomic E-state index is 5.80. The summed E-state index contributed by atoms with van der Waals surface area (Å²) in [6.45, 7) is 4.75. The van der Waals surface area contributed by atoms with Crippen molar-refractivity contribution < 1.29 is 4.42 Å². The summed E-state index contributed by atoms with van der Waals surface area (Å²) in [5.74, 6) is 1.90. The Labute approximate surface area is 122 Å². The molecule has 2 unspecified atom stereocenters. The van der Waals surface area contributed by atoms with Crippen LogP contribution in [-0.4, -0.2) is 34.2 Å². The highest BCUT2D eigenvalue weighted by Gasteiger charge is 2.26. The Morgan fingerprint density at radius 2 is 2.35 bits per heavy atom. The first-order valence-electron chi connectivity index (χ1n) is 7.06. The molecule has 2 aromatic rings. The van der Waals surface area contributed by atoms with Gasteiger partial charge in [0.15, 0.2) is 0 Å². The molecule has 3 rings (SSSR count). The quantitative estimate of drug-likeness (QED) is 0.937. The summed E-state index contributed by atoms with van der Waals surface area (Å²) >= 11 is 1.61. The van der Waals surface area contributed by atoms with Crippen molar-refractivity contribution in [2.24, 2.45) is 11.7 Å². The van der Waals surface area contributed by atoms with Gasteiger partial charge in [-0.1, -0.05) is 6.07 Å². The van der Waals surface area contributed by atoms with E-state index in [-0.39, 0.29) is 0 Å². The van der Waals surface area contributed by atoms with Gasteiger partial charge in [-0.15, -0.1) is 21.5 Å². The zero-order valence-corrected chi connectivity index (χ0v) is 12.5. The highest BCUT2D eigenvalue weighted by atomic mass is 32.1. The highest BCUT2D eigenvalue weighted by molar-refractivity contribution is 7.13. The number of hydrogen-bond donors (Lipinski definition) is 1. The molecular formula is C14H20N4OS. The average molecular weight is 292 g/mol. The minimum atomic E-state index is 0.551. The lowest BCUT2D eigenvalue weighted by atomic mass is 9.93. The van der Waals surface area contributed by atoms with E-state index in [0.717, 1.165) is 24.5 Å². The molecular weight excluding hydrogens is 272 g/mol. The Morgan fingerprint density at radius 3 is 3.10 bits per heavy atom.